The van der Waals surface area contributed by atoms with Crippen molar-refractivity contribution in [3.8, 4) is 0 Å². The molecule has 0 aliphatic heterocycles. The Morgan fingerprint density at radius 3 is 2.62 bits per heavy atom. The molecule has 0 aromatic rings. The van der Waals surface area contributed by atoms with Crippen molar-refractivity contribution in [1.82, 2.24) is 0 Å². The Bertz CT molecular complexity index is 628. The summed E-state index contributed by atoms with van der Waals surface area (Å²) < 4.78 is 11.3. The van der Waals surface area contributed by atoms with Crippen LogP contribution in [0.4, 0.5) is 0 Å². The molecular formula is C26H45O2P. The molecule has 0 bridgehead atoms. The maximum absolute atomic E-state index is 5.74. The molecule has 0 heterocycles. The molecule has 2 nitrogen and oxygen atoms in total. The Hall–Kier alpha value is 0.0900. The second-order valence-electron chi connectivity index (χ2n) is 11.9. The molecule has 166 valence electrons. The van der Waals surface area contributed by atoms with E-state index in [1.54, 1.807) is 5.57 Å². The molecule has 4 aliphatic carbocycles. The highest BCUT2D eigenvalue weighted by molar-refractivity contribution is 7.09. The zero-order valence-corrected chi connectivity index (χ0v) is 20.8. The van der Waals surface area contributed by atoms with Gasteiger partial charge in [0.25, 0.3) is 0 Å². The average Bonchev–Trinajstić information content (AvgIpc) is 3.04. The van der Waals surface area contributed by atoms with Crippen molar-refractivity contribution in [3.63, 3.8) is 0 Å². The largest absolute Gasteiger partial charge is 0.381 e. The molecule has 4 aliphatic rings. The van der Waals surface area contributed by atoms with E-state index in [1.165, 1.54) is 70.6 Å². The van der Waals surface area contributed by atoms with E-state index in [1.807, 2.05) is 7.11 Å². The van der Waals surface area contributed by atoms with Gasteiger partial charge in [-0.2, -0.15) is 0 Å². The normalized spacial score (nSPS) is 44.6. The van der Waals surface area contributed by atoms with Gasteiger partial charge in [0.1, 0.15) is 0 Å². The van der Waals surface area contributed by atoms with Crippen molar-refractivity contribution in [2.75, 3.05) is 7.11 Å². The van der Waals surface area contributed by atoms with Gasteiger partial charge in [-0.25, -0.2) is 0 Å². The second kappa shape index (κ2) is 8.22. The van der Waals surface area contributed by atoms with Gasteiger partial charge in [-0.15, -0.1) is 0 Å². The molecule has 0 spiro atoms. The van der Waals surface area contributed by atoms with Crippen LogP contribution in [0.15, 0.2) is 11.6 Å². The maximum atomic E-state index is 5.74. The lowest BCUT2D eigenvalue weighted by molar-refractivity contribution is -0.0546. The number of hydrogen-bond donors (Lipinski definition) is 0. The predicted octanol–water partition coefficient (Wildman–Crippen LogP) is 7.34. The van der Waals surface area contributed by atoms with E-state index in [4.69, 9.17) is 9.26 Å². The fraction of sp³-hybridized carbons (Fsp3) is 0.923. The van der Waals surface area contributed by atoms with Crippen LogP contribution < -0.4 is 0 Å². The van der Waals surface area contributed by atoms with E-state index >= 15 is 0 Å². The summed E-state index contributed by atoms with van der Waals surface area (Å²) in [7, 11) is 4.36. The van der Waals surface area contributed by atoms with Crippen LogP contribution >= 0.6 is 9.47 Å². The minimum Gasteiger partial charge on any atom is -0.381 e. The molecule has 4 rings (SSSR count). The van der Waals surface area contributed by atoms with Crippen molar-refractivity contribution >= 4 is 9.47 Å². The molecule has 0 N–H and O–H groups in total. The molecule has 8 unspecified atom stereocenters. The molecule has 0 aromatic heterocycles. The van der Waals surface area contributed by atoms with Crippen LogP contribution in [0.3, 0.4) is 0 Å². The first kappa shape index (κ1) is 22.3. The highest BCUT2D eigenvalue weighted by Gasteiger charge is 2.58. The van der Waals surface area contributed by atoms with Crippen molar-refractivity contribution in [1.29, 1.82) is 0 Å². The quantitative estimate of drug-likeness (QED) is 0.331. The molecule has 0 saturated heterocycles. The van der Waals surface area contributed by atoms with Gasteiger partial charge in [0.15, 0.2) is 0 Å². The van der Waals surface area contributed by atoms with E-state index < -0.39 is 0 Å². The second-order valence-corrected chi connectivity index (χ2v) is 12.2. The van der Waals surface area contributed by atoms with E-state index in [2.05, 4.69) is 43.2 Å². The molecule has 0 radical (unpaired) electrons. The lowest BCUT2D eigenvalue weighted by Crippen LogP contribution is -2.50. The third-order valence-electron chi connectivity index (χ3n) is 10.2. The number of methoxy groups -OCH3 is 1. The predicted molar refractivity (Wildman–Crippen MR) is 125 cm³/mol. The SMILES string of the molecule is COC1CCC2(C)C(=CCC3C2CCC2(C)C(CCCC(C)(C)OP)CCC32)C1. The third-order valence-corrected chi connectivity index (χ3v) is 10.9. The summed E-state index contributed by atoms with van der Waals surface area (Å²) in [6, 6.07) is 0. The third kappa shape index (κ3) is 3.89. The van der Waals surface area contributed by atoms with Crippen LogP contribution in [0.2, 0.25) is 0 Å². The summed E-state index contributed by atoms with van der Waals surface area (Å²) in [4.78, 5) is 0. The van der Waals surface area contributed by atoms with Crippen molar-refractivity contribution < 1.29 is 9.26 Å². The number of hydrogen-bond acceptors (Lipinski definition) is 2. The van der Waals surface area contributed by atoms with Gasteiger partial charge in [0.2, 0.25) is 0 Å². The van der Waals surface area contributed by atoms with Gasteiger partial charge in [0, 0.05) is 16.6 Å². The lowest BCUT2D eigenvalue weighted by Gasteiger charge is -2.58. The van der Waals surface area contributed by atoms with Gasteiger partial charge in [-0.05, 0) is 113 Å². The molecule has 3 heteroatoms. The summed E-state index contributed by atoms with van der Waals surface area (Å²) in [5.74, 6) is 3.73. The molecule has 0 aromatic carbocycles. The highest BCUT2D eigenvalue weighted by atomic mass is 31.0. The van der Waals surface area contributed by atoms with E-state index in [9.17, 15) is 0 Å². The molecular weight excluding hydrogens is 375 g/mol. The number of allylic oxidation sites excluding steroid dienone is 1. The van der Waals surface area contributed by atoms with Gasteiger partial charge in [-0.1, -0.05) is 31.9 Å². The minimum absolute atomic E-state index is 0.00143. The summed E-state index contributed by atoms with van der Waals surface area (Å²) in [5, 5.41) is 0. The van der Waals surface area contributed by atoms with E-state index in [0.29, 0.717) is 16.9 Å². The lowest BCUT2D eigenvalue weighted by atomic mass is 9.47. The monoisotopic (exact) mass is 420 g/mol. The van der Waals surface area contributed by atoms with Crippen molar-refractivity contribution in [2.24, 2.45) is 34.5 Å². The Labute approximate surface area is 182 Å². The summed E-state index contributed by atoms with van der Waals surface area (Å²) in [6.07, 6.45) is 18.0. The van der Waals surface area contributed by atoms with Gasteiger partial charge < -0.3 is 9.26 Å². The number of fused-ring (bicyclic) bond motifs is 5. The van der Waals surface area contributed by atoms with Crippen LogP contribution in [-0.2, 0) is 9.26 Å². The van der Waals surface area contributed by atoms with Crippen LogP contribution in [0.5, 0.6) is 0 Å². The first-order chi connectivity index (χ1) is 13.7. The van der Waals surface area contributed by atoms with E-state index in [0.717, 1.165) is 23.7 Å². The summed E-state index contributed by atoms with van der Waals surface area (Å²) in [6.45, 7) is 9.72. The Morgan fingerprint density at radius 1 is 1.10 bits per heavy atom. The first-order valence-electron chi connectivity index (χ1n) is 12.3. The Morgan fingerprint density at radius 2 is 1.90 bits per heavy atom. The zero-order chi connectivity index (χ0) is 20.9. The highest BCUT2D eigenvalue weighted by Crippen LogP contribution is 2.66. The summed E-state index contributed by atoms with van der Waals surface area (Å²) in [5.41, 5.74) is 2.78. The number of ether oxygens (including phenoxy) is 1. The van der Waals surface area contributed by atoms with Gasteiger partial charge in [-0.3, -0.25) is 0 Å². The zero-order valence-electron chi connectivity index (χ0n) is 19.6. The first-order valence-corrected chi connectivity index (χ1v) is 12.8. The molecule has 3 fully saturated rings. The molecule has 0 amide bonds. The topological polar surface area (TPSA) is 18.5 Å². The fourth-order valence-corrected chi connectivity index (χ4v) is 8.36. The van der Waals surface area contributed by atoms with Gasteiger partial charge in [0.05, 0.1) is 11.7 Å². The molecule has 3 saturated carbocycles. The average molecular weight is 421 g/mol. The summed E-state index contributed by atoms with van der Waals surface area (Å²) >= 11 is 0. The van der Waals surface area contributed by atoms with Crippen LogP contribution in [0.1, 0.15) is 98.3 Å². The Kier molecular flexibility index (Phi) is 6.32. The smallest absolute Gasteiger partial charge is 0.0662 e. The van der Waals surface area contributed by atoms with Crippen LogP contribution in [0.25, 0.3) is 0 Å². The molecule has 29 heavy (non-hydrogen) atoms. The van der Waals surface area contributed by atoms with Crippen LogP contribution in [0, 0.1) is 34.5 Å². The number of rotatable bonds is 6. The van der Waals surface area contributed by atoms with Crippen LogP contribution in [-0.4, -0.2) is 18.8 Å². The van der Waals surface area contributed by atoms with Crippen molar-refractivity contribution in [2.45, 2.75) is 110 Å². The Balaban J connectivity index is 1.46. The fourth-order valence-electron chi connectivity index (χ4n) is 8.24. The maximum Gasteiger partial charge on any atom is 0.0662 e. The standard InChI is InChI=1S/C26H45O2P/c1-24(2,28-29)14-6-7-18-9-11-22-21-10-8-19-17-20(27-5)12-15-26(19,4)23(21)13-16-25(18,22)3/h8,18,20-23H,6-7,9-17,29H2,1-5H3. The van der Waals surface area contributed by atoms with E-state index in [-0.39, 0.29) is 5.60 Å². The van der Waals surface area contributed by atoms with Gasteiger partial charge >= 0.3 is 0 Å². The molecule has 8 atom stereocenters. The van der Waals surface area contributed by atoms with Crippen molar-refractivity contribution in [3.05, 3.63) is 11.6 Å². The minimum atomic E-state index is 0.00143.